The summed E-state index contributed by atoms with van der Waals surface area (Å²) in [6.45, 7) is 12.9. The molecule has 0 aliphatic heterocycles. The SMILES string of the molecule is Cc1cc(CC(C)(C)N)c2cccc(C(C)(C)C)c2n1. The summed E-state index contributed by atoms with van der Waals surface area (Å²) in [6, 6.07) is 8.65. The Kier molecular flexibility index (Phi) is 3.64. The van der Waals surface area contributed by atoms with Gasteiger partial charge in [0.15, 0.2) is 0 Å². The fourth-order valence-corrected chi connectivity index (χ4v) is 2.70. The number of fused-ring (bicyclic) bond motifs is 1. The lowest BCUT2D eigenvalue weighted by Gasteiger charge is -2.24. The summed E-state index contributed by atoms with van der Waals surface area (Å²) in [5.41, 5.74) is 10.9. The molecule has 20 heavy (non-hydrogen) atoms. The van der Waals surface area contributed by atoms with Crippen LogP contribution in [0.2, 0.25) is 0 Å². The lowest BCUT2D eigenvalue weighted by atomic mass is 9.84. The molecule has 1 heterocycles. The Hall–Kier alpha value is -1.41. The molecular formula is C18H26N2. The predicted octanol–water partition coefficient (Wildman–Crippen LogP) is 4.12. The van der Waals surface area contributed by atoms with Crippen LogP contribution in [0, 0.1) is 6.92 Å². The maximum Gasteiger partial charge on any atom is 0.0745 e. The zero-order valence-corrected chi connectivity index (χ0v) is 13.5. The molecule has 0 aliphatic carbocycles. The lowest BCUT2D eigenvalue weighted by molar-refractivity contribution is 0.518. The van der Waals surface area contributed by atoms with Gasteiger partial charge in [-0.1, -0.05) is 39.0 Å². The van der Waals surface area contributed by atoms with Gasteiger partial charge in [0.2, 0.25) is 0 Å². The second-order valence-corrected chi connectivity index (χ2v) is 7.54. The Balaban J connectivity index is 2.73. The summed E-state index contributed by atoms with van der Waals surface area (Å²) < 4.78 is 0. The van der Waals surface area contributed by atoms with Gasteiger partial charge < -0.3 is 5.73 Å². The van der Waals surface area contributed by atoms with Crippen molar-refractivity contribution >= 4 is 10.9 Å². The molecule has 0 radical (unpaired) electrons. The highest BCUT2D eigenvalue weighted by atomic mass is 14.7. The van der Waals surface area contributed by atoms with E-state index in [2.05, 4.69) is 65.8 Å². The molecule has 0 spiro atoms. The first-order valence-electron chi connectivity index (χ1n) is 7.26. The molecule has 0 fully saturated rings. The lowest BCUT2D eigenvalue weighted by Crippen LogP contribution is -2.34. The minimum atomic E-state index is -0.210. The first-order chi connectivity index (χ1) is 9.08. The van der Waals surface area contributed by atoms with Crippen LogP contribution in [0.15, 0.2) is 24.3 Å². The number of hydrogen-bond donors (Lipinski definition) is 1. The van der Waals surface area contributed by atoms with Gasteiger partial charge in [0, 0.05) is 16.6 Å². The van der Waals surface area contributed by atoms with Crippen LogP contribution in [-0.4, -0.2) is 10.5 Å². The van der Waals surface area contributed by atoms with Crippen molar-refractivity contribution in [1.29, 1.82) is 0 Å². The van der Waals surface area contributed by atoms with Gasteiger partial charge in [-0.3, -0.25) is 4.98 Å². The molecule has 2 rings (SSSR count). The first-order valence-corrected chi connectivity index (χ1v) is 7.26. The van der Waals surface area contributed by atoms with Gasteiger partial charge in [-0.2, -0.15) is 0 Å². The summed E-state index contributed by atoms with van der Waals surface area (Å²) in [4.78, 5) is 4.79. The van der Waals surface area contributed by atoms with Crippen molar-refractivity contribution in [2.75, 3.05) is 0 Å². The van der Waals surface area contributed by atoms with Crippen molar-refractivity contribution in [3.05, 3.63) is 41.1 Å². The average molecular weight is 270 g/mol. The Morgan fingerprint density at radius 1 is 1.10 bits per heavy atom. The van der Waals surface area contributed by atoms with Crippen LogP contribution in [0.5, 0.6) is 0 Å². The second kappa shape index (κ2) is 4.85. The molecule has 0 atom stereocenters. The van der Waals surface area contributed by atoms with Gasteiger partial charge >= 0.3 is 0 Å². The number of rotatable bonds is 2. The number of aryl methyl sites for hydroxylation is 1. The van der Waals surface area contributed by atoms with E-state index in [1.54, 1.807) is 0 Å². The quantitative estimate of drug-likeness (QED) is 0.891. The maximum absolute atomic E-state index is 6.21. The summed E-state index contributed by atoms with van der Waals surface area (Å²) in [7, 11) is 0. The largest absolute Gasteiger partial charge is 0.325 e. The molecule has 2 aromatic rings. The first kappa shape index (κ1) is 15.0. The van der Waals surface area contributed by atoms with Crippen molar-refractivity contribution in [1.82, 2.24) is 4.98 Å². The van der Waals surface area contributed by atoms with Crippen molar-refractivity contribution in [2.24, 2.45) is 5.73 Å². The van der Waals surface area contributed by atoms with E-state index in [1.807, 2.05) is 0 Å². The average Bonchev–Trinajstić information content (AvgIpc) is 2.24. The third kappa shape index (κ3) is 3.18. The van der Waals surface area contributed by atoms with Crippen molar-refractivity contribution in [2.45, 2.75) is 58.9 Å². The van der Waals surface area contributed by atoms with Gasteiger partial charge in [0.05, 0.1) is 5.52 Å². The number of pyridine rings is 1. The maximum atomic E-state index is 6.21. The Morgan fingerprint density at radius 2 is 1.75 bits per heavy atom. The van der Waals surface area contributed by atoms with E-state index < -0.39 is 0 Å². The number of benzene rings is 1. The highest BCUT2D eigenvalue weighted by Gasteiger charge is 2.20. The Bertz CT molecular complexity index is 628. The molecule has 1 aromatic carbocycles. The number of hydrogen-bond acceptors (Lipinski definition) is 2. The van der Waals surface area contributed by atoms with Crippen LogP contribution in [-0.2, 0) is 11.8 Å². The summed E-state index contributed by atoms with van der Waals surface area (Å²) >= 11 is 0. The molecule has 2 nitrogen and oxygen atoms in total. The molecule has 108 valence electrons. The van der Waals surface area contributed by atoms with Gasteiger partial charge in [-0.05, 0) is 49.8 Å². The van der Waals surface area contributed by atoms with Gasteiger partial charge in [0.1, 0.15) is 0 Å². The molecule has 1 aromatic heterocycles. The fourth-order valence-electron chi connectivity index (χ4n) is 2.70. The number of aromatic nitrogens is 1. The van der Waals surface area contributed by atoms with E-state index in [0.717, 1.165) is 17.6 Å². The molecule has 0 unspecified atom stereocenters. The van der Waals surface area contributed by atoms with Crippen LogP contribution >= 0.6 is 0 Å². The molecule has 0 saturated heterocycles. The van der Waals surface area contributed by atoms with Crippen LogP contribution in [0.1, 0.15) is 51.4 Å². The zero-order valence-electron chi connectivity index (χ0n) is 13.5. The van der Waals surface area contributed by atoms with E-state index in [-0.39, 0.29) is 11.0 Å². The standard InChI is InChI=1S/C18H26N2/c1-12-10-13(11-18(5,6)19)14-8-7-9-15(16(14)20-12)17(2,3)4/h7-10H,11,19H2,1-6H3. The Labute approximate surface area is 122 Å². The molecular weight excluding hydrogens is 244 g/mol. The third-order valence-corrected chi connectivity index (χ3v) is 3.51. The second-order valence-electron chi connectivity index (χ2n) is 7.54. The summed E-state index contributed by atoms with van der Waals surface area (Å²) in [6.07, 6.45) is 0.862. The minimum absolute atomic E-state index is 0.0931. The van der Waals surface area contributed by atoms with E-state index in [1.165, 1.54) is 16.5 Å². The van der Waals surface area contributed by atoms with Gasteiger partial charge in [0.25, 0.3) is 0 Å². The minimum Gasteiger partial charge on any atom is -0.325 e. The van der Waals surface area contributed by atoms with Gasteiger partial charge in [-0.25, -0.2) is 0 Å². The molecule has 0 aliphatic rings. The van der Waals surface area contributed by atoms with Crippen LogP contribution in [0.4, 0.5) is 0 Å². The van der Waals surface area contributed by atoms with E-state index in [9.17, 15) is 0 Å². The van der Waals surface area contributed by atoms with Gasteiger partial charge in [-0.15, -0.1) is 0 Å². The molecule has 0 bridgehead atoms. The third-order valence-electron chi connectivity index (χ3n) is 3.51. The number of nitrogens with zero attached hydrogens (tertiary/aromatic N) is 1. The molecule has 2 heteroatoms. The van der Waals surface area contributed by atoms with E-state index >= 15 is 0 Å². The van der Waals surface area contributed by atoms with Crippen LogP contribution < -0.4 is 5.73 Å². The van der Waals surface area contributed by atoms with Crippen molar-refractivity contribution < 1.29 is 0 Å². The van der Waals surface area contributed by atoms with Crippen LogP contribution in [0.25, 0.3) is 10.9 Å². The predicted molar refractivity (Wildman–Crippen MR) is 87.2 cm³/mol. The van der Waals surface area contributed by atoms with Crippen molar-refractivity contribution in [3.8, 4) is 0 Å². The Morgan fingerprint density at radius 3 is 2.30 bits per heavy atom. The normalized spacial score (nSPS) is 12.9. The van der Waals surface area contributed by atoms with Crippen molar-refractivity contribution in [3.63, 3.8) is 0 Å². The fraction of sp³-hybridized carbons (Fsp3) is 0.500. The monoisotopic (exact) mass is 270 g/mol. The number of nitrogens with two attached hydrogens (primary N) is 1. The summed E-state index contributed by atoms with van der Waals surface area (Å²) in [5.74, 6) is 0. The van der Waals surface area contributed by atoms with E-state index in [0.29, 0.717) is 0 Å². The molecule has 2 N–H and O–H groups in total. The highest BCUT2D eigenvalue weighted by molar-refractivity contribution is 5.86. The van der Waals surface area contributed by atoms with Crippen LogP contribution in [0.3, 0.4) is 0 Å². The topological polar surface area (TPSA) is 38.9 Å². The smallest absolute Gasteiger partial charge is 0.0745 e. The highest BCUT2D eigenvalue weighted by Crippen LogP contribution is 2.31. The zero-order chi connectivity index (χ0) is 15.1. The summed E-state index contributed by atoms with van der Waals surface area (Å²) in [5, 5.41) is 1.24. The number of para-hydroxylation sites is 1. The molecule has 0 amide bonds. The van der Waals surface area contributed by atoms with E-state index in [4.69, 9.17) is 10.7 Å². The molecule has 0 saturated carbocycles.